The number of alkyl halides is 3. The molecule has 31 heavy (non-hydrogen) atoms. The summed E-state index contributed by atoms with van der Waals surface area (Å²) in [5, 5.41) is 11.9. The molecule has 1 heterocycles. The highest BCUT2D eigenvalue weighted by Crippen LogP contribution is 2.30. The summed E-state index contributed by atoms with van der Waals surface area (Å²) in [6.07, 6.45) is -3.60. The second kappa shape index (κ2) is 8.50. The van der Waals surface area contributed by atoms with Gasteiger partial charge in [-0.05, 0) is 35.9 Å². The normalized spacial score (nSPS) is 12.1. The Labute approximate surface area is 184 Å². The quantitative estimate of drug-likeness (QED) is 0.560. The Morgan fingerprint density at radius 2 is 1.87 bits per heavy atom. The van der Waals surface area contributed by atoms with Crippen molar-refractivity contribution in [3.05, 3.63) is 70.0 Å². The molecule has 0 unspecified atom stereocenters. The van der Waals surface area contributed by atoms with Gasteiger partial charge in [-0.1, -0.05) is 29.3 Å². The SMILES string of the molecule is NS(=O)(=O)c1cc(NC(=O)Cc2ccc(Cl)cc2Cl)ccc1-n1cc(C(F)(F)F)cn1. The van der Waals surface area contributed by atoms with Crippen molar-refractivity contribution in [3.8, 4) is 5.69 Å². The van der Waals surface area contributed by atoms with Crippen LogP contribution in [0.4, 0.5) is 18.9 Å². The van der Waals surface area contributed by atoms with E-state index in [2.05, 4.69) is 10.4 Å². The van der Waals surface area contributed by atoms with Gasteiger partial charge in [-0.15, -0.1) is 0 Å². The number of benzene rings is 2. The number of nitrogens with two attached hydrogens (primary N) is 1. The summed E-state index contributed by atoms with van der Waals surface area (Å²) in [5.41, 5.74) is -0.726. The minimum absolute atomic E-state index is 0.0612. The van der Waals surface area contributed by atoms with E-state index in [1.54, 1.807) is 12.1 Å². The lowest BCUT2D eigenvalue weighted by molar-refractivity contribution is -0.137. The predicted molar refractivity (Wildman–Crippen MR) is 109 cm³/mol. The first-order valence-electron chi connectivity index (χ1n) is 8.37. The van der Waals surface area contributed by atoms with E-state index in [1.165, 1.54) is 18.2 Å². The van der Waals surface area contributed by atoms with E-state index in [4.69, 9.17) is 28.3 Å². The highest BCUT2D eigenvalue weighted by atomic mass is 35.5. The van der Waals surface area contributed by atoms with Gasteiger partial charge < -0.3 is 5.32 Å². The molecule has 0 saturated heterocycles. The van der Waals surface area contributed by atoms with Gasteiger partial charge in [0.2, 0.25) is 15.9 Å². The Balaban J connectivity index is 1.89. The number of carbonyl (C=O) groups excluding carboxylic acids is 1. The van der Waals surface area contributed by atoms with Gasteiger partial charge in [0, 0.05) is 21.9 Å². The summed E-state index contributed by atoms with van der Waals surface area (Å²) in [6, 6.07) is 8.11. The van der Waals surface area contributed by atoms with Gasteiger partial charge in [0.1, 0.15) is 4.90 Å². The highest BCUT2D eigenvalue weighted by Gasteiger charge is 2.32. The number of rotatable bonds is 5. The van der Waals surface area contributed by atoms with Crippen LogP contribution < -0.4 is 10.5 Å². The number of amides is 1. The van der Waals surface area contributed by atoms with Crippen LogP contribution in [0.25, 0.3) is 5.69 Å². The topological polar surface area (TPSA) is 107 Å². The molecule has 3 aromatic rings. The molecule has 2 aromatic carbocycles. The van der Waals surface area contributed by atoms with Crippen LogP contribution in [-0.2, 0) is 27.4 Å². The van der Waals surface area contributed by atoms with E-state index in [0.29, 0.717) is 23.0 Å². The number of anilines is 1. The average molecular weight is 493 g/mol. The van der Waals surface area contributed by atoms with Crippen LogP contribution in [0.5, 0.6) is 0 Å². The van der Waals surface area contributed by atoms with E-state index in [-0.39, 0.29) is 22.8 Å². The number of nitrogens with zero attached hydrogens (tertiary/aromatic N) is 2. The van der Waals surface area contributed by atoms with Crippen molar-refractivity contribution in [3.63, 3.8) is 0 Å². The van der Waals surface area contributed by atoms with Gasteiger partial charge in [-0.25, -0.2) is 18.2 Å². The number of nitrogens with one attached hydrogen (secondary N) is 1. The molecule has 13 heteroatoms. The van der Waals surface area contributed by atoms with Crippen molar-refractivity contribution >= 4 is 44.8 Å². The molecule has 0 radical (unpaired) electrons. The van der Waals surface area contributed by atoms with Crippen LogP contribution in [0.15, 0.2) is 53.7 Å². The van der Waals surface area contributed by atoms with Crippen molar-refractivity contribution in [1.82, 2.24) is 9.78 Å². The Morgan fingerprint density at radius 3 is 2.45 bits per heavy atom. The third-order valence-corrected chi connectivity index (χ3v) is 5.60. The second-order valence-corrected chi connectivity index (χ2v) is 8.73. The summed E-state index contributed by atoms with van der Waals surface area (Å²) >= 11 is 11.8. The molecule has 1 aromatic heterocycles. The molecule has 0 atom stereocenters. The minimum Gasteiger partial charge on any atom is -0.326 e. The zero-order valence-corrected chi connectivity index (χ0v) is 17.6. The fraction of sp³-hybridized carbons (Fsp3) is 0.111. The lowest BCUT2D eigenvalue weighted by Gasteiger charge is -2.12. The van der Waals surface area contributed by atoms with Crippen molar-refractivity contribution in [1.29, 1.82) is 0 Å². The van der Waals surface area contributed by atoms with Gasteiger partial charge >= 0.3 is 6.18 Å². The van der Waals surface area contributed by atoms with E-state index >= 15 is 0 Å². The second-order valence-electron chi connectivity index (χ2n) is 6.36. The molecule has 164 valence electrons. The van der Waals surface area contributed by atoms with Gasteiger partial charge in [0.05, 0.1) is 23.9 Å². The van der Waals surface area contributed by atoms with Gasteiger partial charge in [0.25, 0.3) is 0 Å². The van der Waals surface area contributed by atoms with Crippen molar-refractivity contribution in [2.24, 2.45) is 5.14 Å². The number of hydrogen-bond acceptors (Lipinski definition) is 4. The van der Waals surface area contributed by atoms with E-state index in [9.17, 15) is 26.4 Å². The summed E-state index contributed by atoms with van der Waals surface area (Å²) in [6.45, 7) is 0. The molecule has 3 rings (SSSR count). The molecular formula is C18H13Cl2F3N4O3S. The lowest BCUT2D eigenvalue weighted by atomic mass is 10.1. The van der Waals surface area contributed by atoms with Crippen LogP contribution in [0.3, 0.4) is 0 Å². The lowest BCUT2D eigenvalue weighted by Crippen LogP contribution is -2.18. The summed E-state index contributed by atoms with van der Waals surface area (Å²) < 4.78 is 63.2. The molecule has 0 saturated carbocycles. The van der Waals surface area contributed by atoms with Gasteiger partial charge in [-0.3, -0.25) is 4.79 Å². The maximum atomic E-state index is 12.8. The maximum absolute atomic E-state index is 12.8. The molecule has 0 aliphatic carbocycles. The molecule has 0 spiro atoms. The Morgan fingerprint density at radius 1 is 1.16 bits per heavy atom. The maximum Gasteiger partial charge on any atom is 0.419 e. The molecule has 0 aliphatic rings. The number of hydrogen-bond donors (Lipinski definition) is 2. The minimum atomic E-state index is -4.66. The summed E-state index contributed by atoms with van der Waals surface area (Å²) in [5.74, 6) is -0.518. The van der Waals surface area contributed by atoms with Crippen molar-refractivity contribution in [2.75, 3.05) is 5.32 Å². The van der Waals surface area contributed by atoms with E-state index in [1.807, 2.05) is 0 Å². The van der Waals surface area contributed by atoms with Crippen LogP contribution in [0, 0.1) is 0 Å². The molecular weight excluding hydrogens is 480 g/mol. The smallest absolute Gasteiger partial charge is 0.326 e. The molecule has 3 N–H and O–H groups in total. The summed E-state index contributed by atoms with van der Waals surface area (Å²) in [7, 11) is -4.37. The van der Waals surface area contributed by atoms with Crippen LogP contribution >= 0.6 is 23.2 Å². The Bertz CT molecular complexity index is 1260. The monoisotopic (exact) mass is 492 g/mol. The van der Waals surface area contributed by atoms with Crippen molar-refractivity contribution < 1.29 is 26.4 Å². The first-order chi connectivity index (χ1) is 14.3. The Kier molecular flexibility index (Phi) is 6.33. The molecule has 1 amide bonds. The Hall–Kier alpha value is -2.60. The number of carbonyl (C=O) groups is 1. The molecule has 0 bridgehead atoms. The van der Waals surface area contributed by atoms with Crippen LogP contribution in [0.2, 0.25) is 10.0 Å². The number of primary sulfonamides is 1. The fourth-order valence-corrected chi connectivity index (χ4v) is 3.87. The zero-order chi connectivity index (χ0) is 23.0. The van der Waals surface area contributed by atoms with E-state index < -0.39 is 32.6 Å². The zero-order valence-electron chi connectivity index (χ0n) is 15.3. The third-order valence-electron chi connectivity index (χ3n) is 4.07. The fourth-order valence-electron chi connectivity index (χ4n) is 2.65. The van der Waals surface area contributed by atoms with Gasteiger partial charge in [0.15, 0.2) is 0 Å². The number of sulfonamides is 1. The number of halogens is 5. The average Bonchev–Trinajstić information content (AvgIpc) is 3.14. The van der Waals surface area contributed by atoms with E-state index in [0.717, 1.165) is 10.7 Å². The molecule has 7 nitrogen and oxygen atoms in total. The number of aromatic nitrogens is 2. The first kappa shape index (κ1) is 23.1. The van der Waals surface area contributed by atoms with Gasteiger partial charge in [-0.2, -0.15) is 18.3 Å². The van der Waals surface area contributed by atoms with Crippen LogP contribution in [-0.4, -0.2) is 24.1 Å². The molecule has 0 fully saturated rings. The largest absolute Gasteiger partial charge is 0.419 e. The predicted octanol–water partition coefficient (Wildman–Crippen LogP) is 4.03. The first-order valence-corrected chi connectivity index (χ1v) is 10.7. The third kappa shape index (κ3) is 5.56. The van der Waals surface area contributed by atoms with Crippen molar-refractivity contribution in [2.45, 2.75) is 17.5 Å². The standard InChI is InChI=1S/C18H13Cl2F3N4O3S/c19-12-2-1-10(14(20)6-12)5-17(28)26-13-3-4-15(16(7-13)31(24,29)30)27-9-11(8-25-27)18(21,22)23/h1-4,6-9H,5H2,(H,26,28)(H2,24,29,30). The highest BCUT2D eigenvalue weighted by molar-refractivity contribution is 7.89. The summed E-state index contributed by atoms with van der Waals surface area (Å²) in [4.78, 5) is 11.8. The van der Waals surface area contributed by atoms with Crippen LogP contribution in [0.1, 0.15) is 11.1 Å². The molecule has 0 aliphatic heterocycles.